The van der Waals surface area contributed by atoms with E-state index in [9.17, 15) is 14.7 Å². The first-order valence-corrected chi connectivity index (χ1v) is 22.2. The Kier molecular flexibility index (Phi) is 48.8. The van der Waals surface area contributed by atoms with Gasteiger partial charge in [0, 0.05) is 12.4 Å². The van der Waals surface area contributed by atoms with E-state index in [-0.39, 0.29) is 12.3 Å². The lowest BCUT2D eigenvalue weighted by molar-refractivity contribution is -0.888. The zero-order valence-corrected chi connectivity index (χ0v) is 35.0. The summed E-state index contributed by atoms with van der Waals surface area (Å²) in [6.07, 6.45) is 43.2. The molecule has 0 unspecified atom stereocenters. The van der Waals surface area contributed by atoms with Crippen LogP contribution in [0, 0.1) is 0 Å². The van der Waals surface area contributed by atoms with Crippen LogP contribution in [-0.4, -0.2) is 50.1 Å². The molecule has 1 amide bonds. The van der Waals surface area contributed by atoms with E-state index in [0.717, 1.165) is 30.3 Å². The minimum Gasteiger partial charge on any atom is -0.550 e. The Morgan fingerprint density at radius 1 is 0.440 bits per heavy atom. The van der Waals surface area contributed by atoms with Gasteiger partial charge >= 0.3 is 0 Å². The summed E-state index contributed by atoms with van der Waals surface area (Å²) >= 11 is 0. The number of primary amides is 1. The van der Waals surface area contributed by atoms with Gasteiger partial charge in [-0.15, -0.1) is 0 Å². The number of carbonyl (C=O) groups is 2. The molecule has 0 saturated carbocycles. The van der Waals surface area contributed by atoms with Gasteiger partial charge in [0.15, 0.2) is 0 Å². The van der Waals surface area contributed by atoms with Crippen molar-refractivity contribution in [3.05, 3.63) is 0 Å². The van der Waals surface area contributed by atoms with Crippen molar-refractivity contribution < 1.29 is 19.2 Å². The second-order valence-corrected chi connectivity index (χ2v) is 15.7. The fraction of sp³-hybridized carbons (Fsp3) is 0.955. The lowest BCUT2D eigenvalue weighted by atomic mass is 10.0. The van der Waals surface area contributed by atoms with Crippen LogP contribution in [-0.2, 0) is 9.59 Å². The van der Waals surface area contributed by atoms with Crippen molar-refractivity contribution >= 4 is 11.9 Å². The van der Waals surface area contributed by atoms with Crippen LogP contribution in [0.15, 0.2) is 0 Å². The standard InChI is InChI=1S/C18H37NO.C18H36O2.C8H21N2/c2*1-2-3-4-5-6-7-8-9-10-11-12-13-14-15-16-17-18(19)20;1-4-10(2,3)8-6-5-7-9/h2-17H2,1H3,(H2,19,20);2-17H2,1H3,(H,19,20);4-9H2,1-3H3/q;;+1/p-1. The Morgan fingerprint density at radius 2 is 0.720 bits per heavy atom. The zero-order chi connectivity index (χ0) is 37.8. The molecule has 0 aromatic heterocycles. The van der Waals surface area contributed by atoms with E-state index in [4.69, 9.17) is 11.5 Å². The van der Waals surface area contributed by atoms with Crippen LogP contribution < -0.4 is 16.6 Å². The highest BCUT2D eigenvalue weighted by atomic mass is 16.4. The summed E-state index contributed by atoms with van der Waals surface area (Å²) in [5, 5.41) is 10.2. The number of carbonyl (C=O) groups excluding carboxylic acids is 2. The van der Waals surface area contributed by atoms with Crippen LogP contribution in [0.4, 0.5) is 0 Å². The normalized spacial score (nSPS) is 11.1. The average Bonchev–Trinajstić information content (AvgIpc) is 3.08. The molecule has 302 valence electrons. The lowest BCUT2D eigenvalue weighted by Crippen LogP contribution is -2.40. The predicted octanol–water partition coefficient (Wildman–Crippen LogP) is 11.6. The van der Waals surface area contributed by atoms with Crippen LogP contribution in [0.5, 0.6) is 0 Å². The summed E-state index contributed by atoms with van der Waals surface area (Å²) < 4.78 is 1.12. The molecule has 0 spiro atoms. The van der Waals surface area contributed by atoms with Crippen LogP contribution in [0.3, 0.4) is 0 Å². The summed E-state index contributed by atoms with van der Waals surface area (Å²) in [5.41, 5.74) is 10.5. The molecular weight excluding hydrogens is 619 g/mol. The molecule has 0 aromatic carbocycles. The van der Waals surface area contributed by atoms with Gasteiger partial charge in [-0.3, -0.25) is 4.79 Å². The molecular formula is C44H93N3O3. The fourth-order valence-corrected chi connectivity index (χ4v) is 6.15. The van der Waals surface area contributed by atoms with E-state index in [0.29, 0.717) is 6.42 Å². The smallest absolute Gasteiger partial charge is 0.217 e. The summed E-state index contributed by atoms with van der Waals surface area (Å²) in [4.78, 5) is 20.8. The van der Waals surface area contributed by atoms with Gasteiger partial charge in [0.05, 0.1) is 27.2 Å². The number of hydrogen-bond acceptors (Lipinski definition) is 4. The minimum absolute atomic E-state index is 0.153. The number of unbranched alkanes of at least 4 members (excludes halogenated alkanes) is 29. The van der Waals surface area contributed by atoms with E-state index >= 15 is 0 Å². The first-order valence-electron chi connectivity index (χ1n) is 22.2. The molecule has 0 rings (SSSR count). The Hall–Kier alpha value is -1.14. The highest BCUT2D eigenvalue weighted by Crippen LogP contribution is 2.15. The zero-order valence-electron chi connectivity index (χ0n) is 35.0. The van der Waals surface area contributed by atoms with Gasteiger partial charge in [-0.05, 0) is 45.6 Å². The molecule has 0 heterocycles. The topological polar surface area (TPSA) is 109 Å². The van der Waals surface area contributed by atoms with Gasteiger partial charge in [-0.2, -0.15) is 0 Å². The third kappa shape index (κ3) is 56.2. The number of aliphatic carboxylic acids is 1. The molecule has 0 saturated heterocycles. The summed E-state index contributed by atoms with van der Waals surface area (Å²) in [5.74, 6) is -1.06. The van der Waals surface area contributed by atoms with Crippen LogP contribution >= 0.6 is 0 Å². The maximum absolute atomic E-state index is 10.6. The average molecular weight is 712 g/mol. The molecule has 0 aliphatic carbocycles. The summed E-state index contributed by atoms with van der Waals surface area (Å²) in [6, 6.07) is 0. The van der Waals surface area contributed by atoms with Gasteiger partial charge in [-0.25, -0.2) is 0 Å². The van der Waals surface area contributed by atoms with E-state index < -0.39 is 5.97 Å². The van der Waals surface area contributed by atoms with E-state index in [2.05, 4.69) is 34.9 Å². The van der Waals surface area contributed by atoms with Crippen LogP contribution in [0.1, 0.15) is 239 Å². The summed E-state index contributed by atoms with van der Waals surface area (Å²) in [7, 11) is 4.52. The molecule has 50 heavy (non-hydrogen) atoms. The molecule has 0 bridgehead atoms. The third-order valence-electron chi connectivity index (χ3n) is 10.1. The van der Waals surface area contributed by atoms with Gasteiger partial charge < -0.3 is 25.9 Å². The Morgan fingerprint density at radius 3 is 0.960 bits per heavy atom. The molecule has 4 N–H and O–H groups in total. The second-order valence-electron chi connectivity index (χ2n) is 15.7. The van der Waals surface area contributed by atoms with Crippen molar-refractivity contribution in [3.63, 3.8) is 0 Å². The Bertz CT molecular complexity index is 612. The largest absolute Gasteiger partial charge is 0.550 e. The molecule has 6 heteroatoms. The first-order chi connectivity index (χ1) is 24.2. The molecule has 0 atom stereocenters. The number of rotatable bonds is 37. The van der Waals surface area contributed by atoms with E-state index in [1.54, 1.807) is 0 Å². The van der Waals surface area contributed by atoms with Crippen molar-refractivity contribution in [1.82, 2.24) is 0 Å². The third-order valence-corrected chi connectivity index (χ3v) is 10.1. The number of quaternary nitrogens is 1. The maximum Gasteiger partial charge on any atom is 0.217 e. The molecule has 0 aliphatic heterocycles. The highest BCUT2D eigenvalue weighted by molar-refractivity contribution is 5.73. The molecule has 0 fully saturated rings. The summed E-state index contributed by atoms with van der Waals surface area (Å²) in [6.45, 7) is 10.1. The maximum atomic E-state index is 10.6. The number of nitrogens with two attached hydrogens (primary N) is 2. The predicted molar refractivity (Wildman–Crippen MR) is 219 cm³/mol. The van der Waals surface area contributed by atoms with Crippen molar-refractivity contribution in [2.75, 3.05) is 33.7 Å². The minimum atomic E-state index is -0.903. The molecule has 6 nitrogen and oxygen atoms in total. The fourth-order valence-electron chi connectivity index (χ4n) is 6.15. The molecule has 0 radical (unpaired) electrons. The Balaban J connectivity index is -0.000000701. The number of carboxylic acids is 1. The highest BCUT2D eigenvalue weighted by Gasteiger charge is 2.09. The lowest BCUT2D eigenvalue weighted by Gasteiger charge is -2.27. The van der Waals surface area contributed by atoms with Crippen molar-refractivity contribution in [2.24, 2.45) is 11.5 Å². The number of nitrogens with zero attached hydrogens (tertiary/aromatic N) is 1. The van der Waals surface area contributed by atoms with Crippen LogP contribution in [0.25, 0.3) is 0 Å². The van der Waals surface area contributed by atoms with Gasteiger partial charge in [0.1, 0.15) is 0 Å². The van der Waals surface area contributed by atoms with Gasteiger partial charge in [0.2, 0.25) is 5.91 Å². The first kappa shape index (κ1) is 53.2. The number of amides is 1. The number of hydrogen-bond donors (Lipinski definition) is 2. The van der Waals surface area contributed by atoms with Crippen molar-refractivity contribution in [1.29, 1.82) is 0 Å². The SMILES string of the molecule is CCCCCCCCCCCCCCCCCC(=O)[O-].CCCCCCCCCCCCCCCCCC(N)=O.CC[N+](C)(C)CCCCN. The monoisotopic (exact) mass is 712 g/mol. The quantitative estimate of drug-likeness (QED) is 0.0494. The van der Waals surface area contributed by atoms with E-state index in [1.165, 1.54) is 199 Å². The second kappa shape index (κ2) is 45.9. The molecule has 0 aliphatic rings. The Labute approximate surface area is 314 Å². The van der Waals surface area contributed by atoms with Crippen molar-refractivity contribution in [3.8, 4) is 0 Å². The van der Waals surface area contributed by atoms with Crippen molar-refractivity contribution in [2.45, 2.75) is 239 Å². The van der Waals surface area contributed by atoms with E-state index in [1.807, 2.05) is 0 Å². The number of carboxylic acid groups (broad SMARTS) is 1. The van der Waals surface area contributed by atoms with Gasteiger partial charge in [-0.1, -0.05) is 194 Å². The molecule has 0 aromatic rings. The van der Waals surface area contributed by atoms with Gasteiger partial charge in [0.25, 0.3) is 0 Å². The van der Waals surface area contributed by atoms with Crippen LogP contribution in [0.2, 0.25) is 0 Å².